The van der Waals surface area contributed by atoms with Gasteiger partial charge < -0.3 is 28.7 Å². The van der Waals surface area contributed by atoms with E-state index in [9.17, 15) is 4.79 Å². The average molecular weight is 472 g/mol. The minimum Gasteiger partial charge on any atom is -0.497 e. The highest BCUT2D eigenvalue weighted by Gasteiger charge is 2.16. The Bertz CT molecular complexity index is 1420. The summed E-state index contributed by atoms with van der Waals surface area (Å²) < 4.78 is 27.4. The normalized spacial score (nSPS) is 12.6. The predicted octanol–water partition coefficient (Wildman–Crippen LogP) is 5.57. The van der Waals surface area contributed by atoms with Crippen molar-refractivity contribution in [1.82, 2.24) is 5.32 Å². The third-order valence-corrected chi connectivity index (χ3v) is 5.97. The summed E-state index contributed by atoms with van der Waals surface area (Å²) in [4.78, 5) is 12.7. The lowest BCUT2D eigenvalue weighted by molar-refractivity contribution is -0.116. The Morgan fingerprint density at radius 2 is 1.80 bits per heavy atom. The van der Waals surface area contributed by atoms with Gasteiger partial charge in [-0.25, -0.2) is 0 Å². The second-order valence-electron chi connectivity index (χ2n) is 8.16. The van der Waals surface area contributed by atoms with Crippen LogP contribution < -0.4 is 24.3 Å². The fraction of sp³-hybridized carbons (Fsp3) is 0.179. The average Bonchev–Trinajstić information content (AvgIpc) is 3.53. The first kappa shape index (κ1) is 22.4. The van der Waals surface area contributed by atoms with E-state index < -0.39 is 0 Å². The molecule has 35 heavy (non-hydrogen) atoms. The Morgan fingerprint density at radius 1 is 1.00 bits per heavy atom. The fourth-order valence-corrected chi connectivity index (χ4v) is 4.09. The quantitative estimate of drug-likeness (QED) is 0.355. The monoisotopic (exact) mass is 471 g/mol. The molecule has 0 fully saturated rings. The van der Waals surface area contributed by atoms with Crippen LogP contribution in [0.5, 0.6) is 23.0 Å². The van der Waals surface area contributed by atoms with Crippen LogP contribution in [0.15, 0.2) is 71.4 Å². The first-order valence-corrected chi connectivity index (χ1v) is 11.1. The largest absolute Gasteiger partial charge is 0.497 e. The number of ether oxygens (including phenoxy) is 4. The topological polar surface area (TPSA) is 79.2 Å². The number of carbonyl (C=O) groups excluding carboxylic acids is 1. The Balaban J connectivity index is 1.39. The highest BCUT2D eigenvalue weighted by atomic mass is 16.7. The maximum absolute atomic E-state index is 12.7. The van der Waals surface area contributed by atoms with E-state index in [0.717, 1.165) is 39.0 Å². The number of rotatable bonds is 7. The van der Waals surface area contributed by atoms with Crippen molar-refractivity contribution in [2.75, 3.05) is 21.0 Å². The van der Waals surface area contributed by atoms with Crippen molar-refractivity contribution in [3.05, 3.63) is 78.1 Å². The summed E-state index contributed by atoms with van der Waals surface area (Å²) in [7, 11) is 3.24. The van der Waals surface area contributed by atoms with Crippen molar-refractivity contribution in [2.24, 2.45) is 0 Å². The zero-order valence-electron chi connectivity index (χ0n) is 19.7. The van der Waals surface area contributed by atoms with E-state index in [4.69, 9.17) is 23.4 Å². The first-order chi connectivity index (χ1) is 17.1. The Labute approximate surface area is 202 Å². The Morgan fingerprint density at radius 3 is 2.57 bits per heavy atom. The summed E-state index contributed by atoms with van der Waals surface area (Å²) in [6.45, 7) is 2.48. The molecular formula is C28H25NO6. The molecular weight excluding hydrogens is 446 g/mol. The second-order valence-corrected chi connectivity index (χ2v) is 8.16. The lowest BCUT2D eigenvalue weighted by Crippen LogP contribution is -2.20. The molecule has 0 spiro atoms. The lowest BCUT2D eigenvalue weighted by Gasteiger charge is -2.10. The van der Waals surface area contributed by atoms with Gasteiger partial charge in [0.05, 0.1) is 20.5 Å². The molecule has 1 aliphatic rings. The van der Waals surface area contributed by atoms with Crippen LogP contribution in [-0.4, -0.2) is 26.9 Å². The van der Waals surface area contributed by atoms with Gasteiger partial charge >= 0.3 is 0 Å². The molecule has 7 heteroatoms. The van der Waals surface area contributed by atoms with Crippen LogP contribution in [-0.2, 0) is 11.3 Å². The number of methoxy groups -OCH3 is 2. The molecule has 1 aliphatic heterocycles. The molecule has 2 heterocycles. The van der Waals surface area contributed by atoms with E-state index in [1.54, 1.807) is 26.6 Å². The Kier molecular flexibility index (Phi) is 6.06. The van der Waals surface area contributed by atoms with E-state index in [-0.39, 0.29) is 12.7 Å². The van der Waals surface area contributed by atoms with E-state index in [0.29, 0.717) is 29.4 Å². The summed E-state index contributed by atoms with van der Waals surface area (Å²) in [6.07, 6.45) is 3.30. The zero-order chi connectivity index (χ0) is 24.4. The molecule has 0 aliphatic carbocycles. The SMILES string of the molecule is COc1ccc(-c2coc3cc(OC)c(/C(C)=C/C(=O)NCc4ccc5c(c4)OCO5)cc23)cc1. The van der Waals surface area contributed by atoms with E-state index in [1.165, 1.54) is 0 Å². The summed E-state index contributed by atoms with van der Waals surface area (Å²) in [5.74, 6) is 2.62. The van der Waals surface area contributed by atoms with E-state index in [2.05, 4.69) is 5.32 Å². The van der Waals surface area contributed by atoms with Gasteiger partial charge in [-0.3, -0.25) is 4.79 Å². The second kappa shape index (κ2) is 9.46. The van der Waals surface area contributed by atoms with Gasteiger partial charge in [0.25, 0.3) is 0 Å². The number of hydrogen-bond acceptors (Lipinski definition) is 6. The number of allylic oxidation sites excluding steroid dienone is 1. The number of benzene rings is 3. The molecule has 0 bridgehead atoms. The van der Waals surface area contributed by atoms with Crippen molar-refractivity contribution in [1.29, 1.82) is 0 Å². The molecule has 0 unspecified atom stereocenters. The molecule has 1 amide bonds. The molecule has 1 N–H and O–H groups in total. The van der Waals surface area contributed by atoms with Crippen LogP contribution in [0.25, 0.3) is 27.7 Å². The van der Waals surface area contributed by atoms with Crippen molar-refractivity contribution in [2.45, 2.75) is 13.5 Å². The number of nitrogens with one attached hydrogen (secondary N) is 1. The standard InChI is InChI=1S/C28H25NO6/c1-17(10-28(30)29-14-18-4-9-24-27(11-18)35-16-34-24)21-12-22-23(15-33-26(22)13-25(21)32-3)19-5-7-20(31-2)8-6-19/h4-13,15H,14,16H2,1-3H3,(H,29,30)/b17-10+. The number of fused-ring (bicyclic) bond motifs is 2. The number of furan rings is 1. The van der Waals surface area contributed by atoms with Gasteiger partial charge in [-0.15, -0.1) is 0 Å². The molecule has 5 rings (SSSR count). The lowest BCUT2D eigenvalue weighted by atomic mass is 9.99. The molecule has 0 radical (unpaired) electrons. The molecule has 4 aromatic rings. The van der Waals surface area contributed by atoms with Crippen molar-refractivity contribution < 1.29 is 28.2 Å². The van der Waals surface area contributed by atoms with E-state index in [1.807, 2.05) is 61.5 Å². The highest BCUT2D eigenvalue weighted by Crippen LogP contribution is 2.38. The maximum Gasteiger partial charge on any atom is 0.244 e. The van der Waals surface area contributed by atoms with Crippen LogP contribution in [0.3, 0.4) is 0 Å². The Hall–Kier alpha value is -4.39. The fourth-order valence-electron chi connectivity index (χ4n) is 4.09. The van der Waals surface area contributed by atoms with Gasteiger partial charge in [-0.2, -0.15) is 0 Å². The van der Waals surface area contributed by atoms with Crippen LogP contribution in [0.4, 0.5) is 0 Å². The van der Waals surface area contributed by atoms with Gasteiger partial charge in [-0.05, 0) is 54.0 Å². The minimum absolute atomic E-state index is 0.204. The van der Waals surface area contributed by atoms with E-state index >= 15 is 0 Å². The molecule has 3 aromatic carbocycles. The van der Waals surface area contributed by atoms with Crippen molar-refractivity contribution >= 4 is 22.4 Å². The predicted molar refractivity (Wildman–Crippen MR) is 133 cm³/mol. The van der Waals surface area contributed by atoms with Crippen molar-refractivity contribution in [3.63, 3.8) is 0 Å². The summed E-state index contributed by atoms with van der Waals surface area (Å²) in [5.41, 5.74) is 5.17. The minimum atomic E-state index is -0.204. The van der Waals surface area contributed by atoms with Crippen LogP contribution in [0.2, 0.25) is 0 Å². The molecule has 178 valence electrons. The van der Waals surface area contributed by atoms with Gasteiger partial charge in [-0.1, -0.05) is 18.2 Å². The van der Waals surface area contributed by atoms with Gasteiger partial charge in [0.1, 0.15) is 17.1 Å². The van der Waals surface area contributed by atoms with Crippen LogP contribution in [0, 0.1) is 0 Å². The van der Waals surface area contributed by atoms with Crippen LogP contribution in [0.1, 0.15) is 18.1 Å². The third-order valence-electron chi connectivity index (χ3n) is 5.97. The maximum atomic E-state index is 12.7. The zero-order valence-corrected chi connectivity index (χ0v) is 19.7. The van der Waals surface area contributed by atoms with Crippen molar-refractivity contribution in [3.8, 4) is 34.1 Å². The molecule has 0 saturated heterocycles. The molecule has 0 saturated carbocycles. The highest BCUT2D eigenvalue weighted by molar-refractivity contribution is 6.00. The summed E-state index contributed by atoms with van der Waals surface area (Å²) >= 11 is 0. The summed E-state index contributed by atoms with van der Waals surface area (Å²) in [5, 5.41) is 3.86. The van der Waals surface area contributed by atoms with Crippen LogP contribution >= 0.6 is 0 Å². The van der Waals surface area contributed by atoms with Gasteiger partial charge in [0, 0.05) is 35.2 Å². The third kappa shape index (κ3) is 4.53. The van der Waals surface area contributed by atoms with Gasteiger partial charge in [0.2, 0.25) is 12.7 Å². The van der Waals surface area contributed by atoms with Gasteiger partial charge in [0.15, 0.2) is 11.5 Å². The molecule has 7 nitrogen and oxygen atoms in total. The number of hydrogen-bond donors (Lipinski definition) is 1. The molecule has 0 atom stereocenters. The first-order valence-electron chi connectivity index (χ1n) is 11.1. The smallest absolute Gasteiger partial charge is 0.244 e. The summed E-state index contributed by atoms with van der Waals surface area (Å²) in [6, 6.07) is 17.3. The number of amides is 1. The molecule has 1 aromatic heterocycles. The number of carbonyl (C=O) groups is 1.